The third-order valence-corrected chi connectivity index (χ3v) is 2.80. The summed E-state index contributed by atoms with van der Waals surface area (Å²) < 4.78 is 6.61. The number of benzene rings is 1. The van der Waals surface area contributed by atoms with Gasteiger partial charge in [-0.15, -0.1) is 10.2 Å². The van der Waals surface area contributed by atoms with Gasteiger partial charge in [-0.25, -0.2) is 0 Å². The molecule has 0 aliphatic heterocycles. The minimum absolute atomic E-state index is 0.570. The minimum Gasteiger partial charge on any atom is -0.421 e. The van der Waals surface area contributed by atoms with Crippen molar-refractivity contribution in [2.45, 2.75) is 13.3 Å². The van der Waals surface area contributed by atoms with Crippen LogP contribution in [0, 0.1) is 6.92 Å². The minimum atomic E-state index is 0.570. The molecule has 5 heteroatoms. The lowest BCUT2D eigenvalue weighted by Gasteiger charge is -1.99. The summed E-state index contributed by atoms with van der Waals surface area (Å²) >= 11 is 3.46. The van der Waals surface area contributed by atoms with Gasteiger partial charge in [0.05, 0.1) is 0 Å². The Morgan fingerprint density at radius 2 is 2.12 bits per heavy atom. The van der Waals surface area contributed by atoms with Crippen molar-refractivity contribution in [1.82, 2.24) is 15.5 Å². The van der Waals surface area contributed by atoms with Crippen LogP contribution in [0.4, 0.5) is 0 Å². The Labute approximate surface area is 109 Å². The first-order valence-corrected chi connectivity index (χ1v) is 6.23. The summed E-state index contributed by atoms with van der Waals surface area (Å²) in [5.74, 6) is 1.23. The molecule has 1 heterocycles. The summed E-state index contributed by atoms with van der Waals surface area (Å²) in [6, 6.07) is 6.05. The number of aryl methyl sites for hydroxylation is 1. The number of hydrogen-bond donors (Lipinski definition) is 1. The zero-order chi connectivity index (χ0) is 12.3. The van der Waals surface area contributed by atoms with Crippen LogP contribution in [-0.2, 0) is 6.42 Å². The molecule has 0 bridgehead atoms. The molecule has 2 aromatic rings. The van der Waals surface area contributed by atoms with Gasteiger partial charge in [-0.05, 0) is 37.7 Å². The highest BCUT2D eigenvalue weighted by atomic mass is 79.9. The molecule has 1 aromatic carbocycles. The summed E-state index contributed by atoms with van der Waals surface area (Å²) in [5, 5.41) is 11.1. The van der Waals surface area contributed by atoms with Crippen LogP contribution in [0.3, 0.4) is 0 Å². The first-order chi connectivity index (χ1) is 8.19. The molecule has 0 saturated carbocycles. The fourth-order valence-corrected chi connectivity index (χ4v) is 2.17. The maximum absolute atomic E-state index is 5.60. The van der Waals surface area contributed by atoms with E-state index in [4.69, 9.17) is 4.42 Å². The lowest BCUT2D eigenvalue weighted by Crippen LogP contribution is -2.10. The number of rotatable bonds is 4. The zero-order valence-electron chi connectivity index (χ0n) is 9.83. The number of halogens is 1. The Kier molecular flexibility index (Phi) is 3.91. The number of likely N-dealkylation sites (N-methyl/N-ethyl adjacent to an activating group) is 1. The molecule has 0 aliphatic rings. The summed E-state index contributed by atoms with van der Waals surface area (Å²) in [7, 11) is 1.90. The van der Waals surface area contributed by atoms with Crippen LogP contribution in [0.1, 0.15) is 11.5 Å². The average molecular weight is 296 g/mol. The summed E-state index contributed by atoms with van der Waals surface area (Å²) in [6.45, 7) is 2.87. The SMILES string of the molecule is CNCCc1nnc(-c2cc(C)cc(Br)c2)o1. The number of nitrogens with one attached hydrogen (secondary N) is 1. The quantitative estimate of drug-likeness (QED) is 0.942. The van der Waals surface area contributed by atoms with Crippen molar-refractivity contribution in [3.63, 3.8) is 0 Å². The maximum Gasteiger partial charge on any atom is 0.247 e. The van der Waals surface area contributed by atoms with Gasteiger partial charge < -0.3 is 9.73 Å². The predicted octanol–water partition coefficient (Wildman–Crippen LogP) is 2.57. The maximum atomic E-state index is 5.60. The highest BCUT2D eigenvalue weighted by molar-refractivity contribution is 9.10. The molecule has 17 heavy (non-hydrogen) atoms. The molecule has 0 fully saturated rings. The first kappa shape index (κ1) is 12.3. The molecule has 0 radical (unpaired) electrons. The highest BCUT2D eigenvalue weighted by Crippen LogP contribution is 2.23. The normalized spacial score (nSPS) is 10.8. The van der Waals surface area contributed by atoms with E-state index in [0.717, 1.165) is 28.6 Å². The third kappa shape index (κ3) is 3.14. The van der Waals surface area contributed by atoms with Gasteiger partial charge in [0.15, 0.2) is 0 Å². The summed E-state index contributed by atoms with van der Waals surface area (Å²) in [4.78, 5) is 0. The van der Waals surface area contributed by atoms with Gasteiger partial charge in [-0.2, -0.15) is 0 Å². The molecule has 0 aliphatic carbocycles. The van der Waals surface area contributed by atoms with E-state index in [1.54, 1.807) is 0 Å². The zero-order valence-corrected chi connectivity index (χ0v) is 11.4. The summed E-state index contributed by atoms with van der Waals surface area (Å²) in [5.41, 5.74) is 2.10. The van der Waals surface area contributed by atoms with Crippen LogP contribution in [-0.4, -0.2) is 23.8 Å². The molecule has 0 unspecified atom stereocenters. The van der Waals surface area contributed by atoms with Crippen molar-refractivity contribution < 1.29 is 4.42 Å². The Hall–Kier alpha value is -1.20. The fraction of sp³-hybridized carbons (Fsp3) is 0.333. The monoisotopic (exact) mass is 295 g/mol. The fourth-order valence-electron chi connectivity index (χ4n) is 1.56. The highest BCUT2D eigenvalue weighted by Gasteiger charge is 2.09. The molecule has 2 rings (SSSR count). The average Bonchev–Trinajstić information content (AvgIpc) is 2.73. The van der Waals surface area contributed by atoms with E-state index in [2.05, 4.69) is 31.4 Å². The van der Waals surface area contributed by atoms with Crippen molar-refractivity contribution in [3.05, 3.63) is 34.1 Å². The second-order valence-corrected chi connectivity index (χ2v) is 4.79. The van der Waals surface area contributed by atoms with Gasteiger partial charge in [0.2, 0.25) is 11.8 Å². The molecule has 0 saturated heterocycles. The van der Waals surface area contributed by atoms with Gasteiger partial charge in [-0.1, -0.05) is 15.9 Å². The number of hydrogen-bond acceptors (Lipinski definition) is 4. The van der Waals surface area contributed by atoms with Crippen molar-refractivity contribution >= 4 is 15.9 Å². The molecule has 0 spiro atoms. The van der Waals surface area contributed by atoms with Crippen molar-refractivity contribution in [1.29, 1.82) is 0 Å². The van der Waals surface area contributed by atoms with E-state index in [-0.39, 0.29) is 0 Å². The van der Waals surface area contributed by atoms with Gasteiger partial charge in [0, 0.05) is 23.0 Å². The molecule has 1 aromatic heterocycles. The van der Waals surface area contributed by atoms with Crippen LogP contribution in [0.25, 0.3) is 11.5 Å². The van der Waals surface area contributed by atoms with E-state index in [0.29, 0.717) is 11.8 Å². The Morgan fingerprint density at radius 3 is 2.82 bits per heavy atom. The Balaban J connectivity index is 2.24. The number of nitrogens with zero attached hydrogens (tertiary/aromatic N) is 2. The van der Waals surface area contributed by atoms with Gasteiger partial charge in [-0.3, -0.25) is 0 Å². The van der Waals surface area contributed by atoms with E-state index >= 15 is 0 Å². The summed E-state index contributed by atoms with van der Waals surface area (Å²) in [6.07, 6.45) is 0.747. The smallest absolute Gasteiger partial charge is 0.247 e. The van der Waals surface area contributed by atoms with Crippen LogP contribution in [0.2, 0.25) is 0 Å². The standard InChI is InChI=1S/C12H14BrN3O/c1-8-5-9(7-10(13)6-8)12-16-15-11(17-12)3-4-14-2/h5-7,14H,3-4H2,1-2H3. The molecule has 1 N–H and O–H groups in total. The van der Waals surface area contributed by atoms with Crippen molar-refractivity contribution in [2.24, 2.45) is 0 Å². The predicted molar refractivity (Wildman–Crippen MR) is 69.8 cm³/mol. The van der Waals surface area contributed by atoms with Crippen molar-refractivity contribution in [3.8, 4) is 11.5 Å². The molecule has 90 valence electrons. The Bertz CT molecular complexity index is 490. The van der Waals surface area contributed by atoms with Crippen LogP contribution < -0.4 is 5.32 Å². The lowest BCUT2D eigenvalue weighted by molar-refractivity contribution is 0.500. The Morgan fingerprint density at radius 1 is 1.29 bits per heavy atom. The van der Waals surface area contributed by atoms with Crippen LogP contribution in [0.15, 0.2) is 27.1 Å². The van der Waals surface area contributed by atoms with Gasteiger partial charge >= 0.3 is 0 Å². The van der Waals surface area contributed by atoms with Crippen LogP contribution in [0.5, 0.6) is 0 Å². The molecule has 0 amide bonds. The first-order valence-electron chi connectivity index (χ1n) is 5.43. The number of aromatic nitrogens is 2. The molecular weight excluding hydrogens is 282 g/mol. The van der Waals surface area contributed by atoms with Gasteiger partial charge in [0.25, 0.3) is 0 Å². The second-order valence-electron chi connectivity index (χ2n) is 3.87. The molecule has 0 atom stereocenters. The van der Waals surface area contributed by atoms with E-state index in [9.17, 15) is 0 Å². The van der Waals surface area contributed by atoms with E-state index in [1.807, 2.05) is 32.2 Å². The largest absolute Gasteiger partial charge is 0.421 e. The van der Waals surface area contributed by atoms with Gasteiger partial charge in [0.1, 0.15) is 0 Å². The lowest BCUT2D eigenvalue weighted by atomic mass is 10.1. The third-order valence-electron chi connectivity index (χ3n) is 2.34. The van der Waals surface area contributed by atoms with Crippen molar-refractivity contribution in [2.75, 3.05) is 13.6 Å². The van der Waals surface area contributed by atoms with E-state index in [1.165, 1.54) is 0 Å². The molecular formula is C12H14BrN3O. The topological polar surface area (TPSA) is 51.0 Å². The van der Waals surface area contributed by atoms with E-state index < -0.39 is 0 Å². The van der Waals surface area contributed by atoms with Crippen LogP contribution >= 0.6 is 15.9 Å². The second kappa shape index (κ2) is 5.42. The molecule has 4 nitrogen and oxygen atoms in total.